The van der Waals surface area contributed by atoms with E-state index in [1.165, 1.54) is 32.1 Å². The monoisotopic (exact) mass is 213 g/mol. The highest BCUT2D eigenvalue weighted by molar-refractivity contribution is 4.90. The van der Waals surface area contributed by atoms with Crippen molar-refractivity contribution in [1.29, 1.82) is 0 Å². The zero-order valence-electron chi connectivity index (χ0n) is 9.71. The summed E-state index contributed by atoms with van der Waals surface area (Å²) in [6.07, 6.45) is 7.48. The van der Waals surface area contributed by atoms with E-state index in [2.05, 4.69) is 6.92 Å². The molecule has 1 saturated heterocycles. The Bertz CT molecular complexity index is 194. The average molecular weight is 213 g/mol. The molecule has 3 nitrogen and oxygen atoms in total. The van der Waals surface area contributed by atoms with Crippen molar-refractivity contribution in [3.05, 3.63) is 0 Å². The lowest BCUT2D eigenvalue weighted by molar-refractivity contribution is -0.0836. The largest absolute Gasteiger partial charge is 0.350 e. The molecule has 2 rings (SSSR count). The molecule has 3 heteroatoms. The van der Waals surface area contributed by atoms with Gasteiger partial charge >= 0.3 is 0 Å². The van der Waals surface area contributed by atoms with Gasteiger partial charge in [0, 0.05) is 12.5 Å². The van der Waals surface area contributed by atoms with Crippen LogP contribution in [-0.4, -0.2) is 25.5 Å². The predicted molar refractivity (Wildman–Crippen MR) is 59.5 cm³/mol. The van der Waals surface area contributed by atoms with Crippen LogP contribution in [0.3, 0.4) is 0 Å². The summed E-state index contributed by atoms with van der Waals surface area (Å²) in [6.45, 7) is 3.64. The summed E-state index contributed by atoms with van der Waals surface area (Å²) >= 11 is 0. The summed E-state index contributed by atoms with van der Waals surface area (Å²) in [4.78, 5) is 0. The maximum Gasteiger partial charge on any atom is 0.158 e. The Morgan fingerprint density at radius 3 is 2.33 bits per heavy atom. The molecule has 1 aliphatic carbocycles. The third kappa shape index (κ3) is 2.52. The molecule has 1 atom stereocenters. The molecule has 0 aromatic carbocycles. The van der Waals surface area contributed by atoms with Crippen molar-refractivity contribution in [1.82, 2.24) is 0 Å². The molecule has 0 aromatic heterocycles. The van der Waals surface area contributed by atoms with Crippen LogP contribution in [-0.2, 0) is 9.47 Å². The Balaban J connectivity index is 1.97. The van der Waals surface area contributed by atoms with E-state index in [9.17, 15) is 0 Å². The summed E-state index contributed by atoms with van der Waals surface area (Å²) in [7, 11) is 0. The average Bonchev–Trinajstić information content (AvgIpc) is 2.71. The first kappa shape index (κ1) is 11.4. The Hall–Kier alpha value is -0.120. The number of ether oxygens (including phenoxy) is 2. The molecule has 0 spiro atoms. The first-order valence-electron chi connectivity index (χ1n) is 6.22. The van der Waals surface area contributed by atoms with Crippen LogP contribution in [0.5, 0.6) is 0 Å². The number of nitrogens with two attached hydrogens (primary N) is 1. The van der Waals surface area contributed by atoms with Gasteiger partial charge in [-0.05, 0) is 25.2 Å². The van der Waals surface area contributed by atoms with Crippen molar-refractivity contribution in [2.24, 2.45) is 11.1 Å². The van der Waals surface area contributed by atoms with Gasteiger partial charge in [0.1, 0.15) is 0 Å². The minimum Gasteiger partial charge on any atom is -0.350 e. The van der Waals surface area contributed by atoms with Crippen molar-refractivity contribution in [3.63, 3.8) is 0 Å². The van der Waals surface area contributed by atoms with Crippen LogP contribution in [0.15, 0.2) is 0 Å². The van der Waals surface area contributed by atoms with E-state index >= 15 is 0 Å². The first-order valence-corrected chi connectivity index (χ1v) is 6.22. The first-order chi connectivity index (χ1) is 7.23. The van der Waals surface area contributed by atoms with Gasteiger partial charge in [0.15, 0.2) is 6.29 Å². The highest BCUT2D eigenvalue weighted by Crippen LogP contribution is 2.43. The van der Waals surface area contributed by atoms with Gasteiger partial charge < -0.3 is 15.2 Å². The maximum atomic E-state index is 6.17. The van der Waals surface area contributed by atoms with Crippen molar-refractivity contribution in [3.8, 4) is 0 Å². The summed E-state index contributed by atoms with van der Waals surface area (Å²) in [5.74, 6) is 0. The molecule has 0 radical (unpaired) electrons. The zero-order chi connectivity index (χ0) is 10.7. The Labute approximate surface area is 92.3 Å². The highest BCUT2D eigenvalue weighted by Gasteiger charge is 2.39. The van der Waals surface area contributed by atoms with Gasteiger partial charge in [-0.2, -0.15) is 0 Å². The van der Waals surface area contributed by atoms with Crippen LogP contribution in [0.1, 0.15) is 45.4 Å². The van der Waals surface area contributed by atoms with Gasteiger partial charge in [-0.25, -0.2) is 0 Å². The highest BCUT2D eigenvalue weighted by atomic mass is 16.7. The topological polar surface area (TPSA) is 44.5 Å². The van der Waals surface area contributed by atoms with Crippen LogP contribution < -0.4 is 5.73 Å². The quantitative estimate of drug-likeness (QED) is 0.780. The zero-order valence-corrected chi connectivity index (χ0v) is 9.71. The standard InChI is InChI=1S/C12H23NO2/c1-10(13)12(5-3-2-4-6-12)9-11-14-7-8-15-11/h10-11H,2-9,13H2,1H3. The van der Waals surface area contributed by atoms with Crippen LogP contribution in [0.4, 0.5) is 0 Å². The van der Waals surface area contributed by atoms with Crippen LogP contribution in [0.2, 0.25) is 0 Å². The smallest absolute Gasteiger partial charge is 0.158 e. The number of rotatable bonds is 3. The maximum absolute atomic E-state index is 6.17. The lowest BCUT2D eigenvalue weighted by atomic mass is 9.67. The van der Waals surface area contributed by atoms with E-state index in [1.54, 1.807) is 0 Å². The molecule has 0 bridgehead atoms. The van der Waals surface area contributed by atoms with E-state index < -0.39 is 0 Å². The Morgan fingerprint density at radius 1 is 1.20 bits per heavy atom. The molecule has 88 valence electrons. The lowest BCUT2D eigenvalue weighted by Crippen LogP contribution is -2.43. The molecule has 2 fully saturated rings. The van der Waals surface area contributed by atoms with Crippen LogP contribution in [0, 0.1) is 5.41 Å². The SMILES string of the molecule is CC(N)C1(CC2OCCO2)CCCCC1. The van der Waals surface area contributed by atoms with Crippen molar-refractivity contribution >= 4 is 0 Å². The fourth-order valence-electron chi connectivity index (χ4n) is 2.96. The van der Waals surface area contributed by atoms with Crippen LogP contribution in [0.25, 0.3) is 0 Å². The fourth-order valence-corrected chi connectivity index (χ4v) is 2.96. The third-order valence-corrected chi connectivity index (χ3v) is 4.08. The number of hydrogen-bond donors (Lipinski definition) is 1. The fraction of sp³-hybridized carbons (Fsp3) is 1.00. The summed E-state index contributed by atoms with van der Waals surface area (Å²) in [5.41, 5.74) is 6.44. The molecule has 2 aliphatic rings. The van der Waals surface area contributed by atoms with E-state index in [1.807, 2.05) is 0 Å². The van der Waals surface area contributed by atoms with E-state index in [4.69, 9.17) is 15.2 Å². The van der Waals surface area contributed by atoms with E-state index in [-0.39, 0.29) is 17.7 Å². The second-order valence-corrected chi connectivity index (χ2v) is 5.09. The van der Waals surface area contributed by atoms with E-state index in [0.717, 1.165) is 19.6 Å². The molecule has 1 aliphatic heterocycles. The molecule has 0 aromatic rings. The van der Waals surface area contributed by atoms with E-state index in [0.29, 0.717) is 0 Å². The lowest BCUT2D eigenvalue weighted by Gasteiger charge is -2.41. The van der Waals surface area contributed by atoms with Gasteiger partial charge in [-0.1, -0.05) is 19.3 Å². The minimum absolute atomic E-state index is 0.00843. The molecule has 0 amide bonds. The van der Waals surface area contributed by atoms with Gasteiger partial charge in [0.2, 0.25) is 0 Å². The van der Waals surface area contributed by atoms with Gasteiger partial charge in [0.25, 0.3) is 0 Å². The molecule has 1 heterocycles. The van der Waals surface area contributed by atoms with Gasteiger partial charge in [0.05, 0.1) is 13.2 Å². The Morgan fingerprint density at radius 2 is 1.80 bits per heavy atom. The van der Waals surface area contributed by atoms with Crippen molar-refractivity contribution < 1.29 is 9.47 Å². The third-order valence-electron chi connectivity index (χ3n) is 4.08. The van der Waals surface area contributed by atoms with Crippen LogP contribution >= 0.6 is 0 Å². The molecule has 15 heavy (non-hydrogen) atoms. The molecule has 1 saturated carbocycles. The van der Waals surface area contributed by atoms with Gasteiger partial charge in [-0.15, -0.1) is 0 Å². The second-order valence-electron chi connectivity index (χ2n) is 5.09. The molecule has 1 unspecified atom stereocenters. The number of hydrogen-bond acceptors (Lipinski definition) is 3. The van der Waals surface area contributed by atoms with Crippen molar-refractivity contribution in [2.45, 2.75) is 57.8 Å². The summed E-state index contributed by atoms with van der Waals surface area (Å²) in [6, 6.07) is 0.255. The molecular weight excluding hydrogens is 190 g/mol. The molecule has 2 N–H and O–H groups in total. The summed E-state index contributed by atoms with van der Waals surface area (Å²) in [5, 5.41) is 0. The summed E-state index contributed by atoms with van der Waals surface area (Å²) < 4.78 is 11.1. The van der Waals surface area contributed by atoms with Gasteiger partial charge in [-0.3, -0.25) is 0 Å². The molecular formula is C12H23NO2. The Kier molecular flexibility index (Phi) is 3.65. The minimum atomic E-state index is 0.00843. The predicted octanol–water partition coefficient (Wildman–Crippen LogP) is 2.05. The van der Waals surface area contributed by atoms with Crippen molar-refractivity contribution in [2.75, 3.05) is 13.2 Å². The normalized spacial score (nSPS) is 29.2. The second kappa shape index (κ2) is 4.81.